The molecule has 72 valence electrons. The van der Waals surface area contributed by atoms with E-state index < -0.39 is 0 Å². The molecule has 0 fully saturated rings. The highest BCUT2D eigenvalue weighted by Gasteiger charge is 2.05. The molecule has 0 aromatic heterocycles. The summed E-state index contributed by atoms with van der Waals surface area (Å²) in [5.74, 6) is 0.320. The smallest absolute Gasteiger partial charge is 0.0414 e. The molecule has 0 heterocycles. The van der Waals surface area contributed by atoms with Crippen LogP contribution in [0.3, 0.4) is 0 Å². The summed E-state index contributed by atoms with van der Waals surface area (Å²) in [5.41, 5.74) is 0. The fourth-order valence-corrected chi connectivity index (χ4v) is 1.17. The number of hydroxylamine groups is 1. The van der Waals surface area contributed by atoms with E-state index in [2.05, 4.69) is 12.2 Å². The lowest BCUT2D eigenvalue weighted by Gasteiger charge is -2.25. The summed E-state index contributed by atoms with van der Waals surface area (Å²) in [4.78, 5) is 9.79. The average Bonchev–Trinajstić information content (AvgIpc) is 2.11. The molecule has 1 atom stereocenters. The van der Waals surface area contributed by atoms with Gasteiger partial charge in [-0.05, 0) is 12.3 Å². The molecule has 4 heteroatoms. The highest BCUT2D eigenvalue weighted by atomic mass is 16.6. The Labute approximate surface area is 73.5 Å². The monoisotopic (exact) mass is 173 g/mol. The van der Waals surface area contributed by atoms with Crippen LogP contribution in [0.2, 0.25) is 0 Å². The van der Waals surface area contributed by atoms with Crippen LogP contribution in [0.5, 0.6) is 0 Å². The third kappa shape index (κ3) is 5.07. The van der Waals surface area contributed by atoms with Crippen molar-refractivity contribution in [1.29, 1.82) is 0 Å². The minimum absolute atomic E-state index is 0.240. The van der Waals surface area contributed by atoms with E-state index in [4.69, 9.17) is 0 Å². The molecular formula is C8H17N2O2-. The molecule has 0 saturated carbocycles. The van der Waals surface area contributed by atoms with Crippen LogP contribution in [-0.2, 0) is 0 Å². The standard InChI is InChI=1S/C8H17N2O2/c1-3-5-6-8(4-2)7-10(12)9-11/h8H,3-7H2,1-2H3/q-1. The average molecular weight is 173 g/mol. The summed E-state index contributed by atoms with van der Waals surface area (Å²) >= 11 is 0. The van der Waals surface area contributed by atoms with Gasteiger partial charge in [0.15, 0.2) is 0 Å². The minimum atomic E-state index is 0.240. The molecule has 0 bridgehead atoms. The van der Waals surface area contributed by atoms with Crippen LogP contribution in [-0.4, -0.2) is 11.7 Å². The fraction of sp³-hybridized carbons (Fsp3) is 1.00. The summed E-state index contributed by atoms with van der Waals surface area (Å²) in [5, 5.41) is 13.1. The summed E-state index contributed by atoms with van der Waals surface area (Å²) in [6, 6.07) is 0. The summed E-state index contributed by atoms with van der Waals surface area (Å²) in [6.07, 6.45) is 4.20. The number of nitrogens with zero attached hydrogens (tertiary/aromatic N) is 2. The topological polar surface area (TPSA) is 55.7 Å². The quantitative estimate of drug-likeness (QED) is 0.439. The van der Waals surface area contributed by atoms with E-state index in [-0.39, 0.29) is 11.7 Å². The molecule has 4 nitrogen and oxygen atoms in total. The lowest BCUT2D eigenvalue weighted by atomic mass is 10.00. The Kier molecular flexibility index (Phi) is 6.66. The van der Waals surface area contributed by atoms with Gasteiger partial charge in [-0.15, -0.1) is 4.91 Å². The van der Waals surface area contributed by atoms with Gasteiger partial charge in [0.05, 0.1) is 0 Å². The maximum absolute atomic E-state index is 10.6. The number of nitroso groups, excluding NO2 is 1. The van der Waals surface area contributed by atoms with Crippen molar-refractivity contribution in [2.24, 2.45) is 11.2 Å². The van der Waals surface area contributed by atoms with Gasteiger partial charge in [0.2, 0.25) is 0 Å². The molecule has 0 aromatic rings. The Hall–Kier alpha value is -0.640. The van der Waals surface area contributed by atoms with Gasteiger partial charge in [-0.3, -0.25) is 0 Å². The highest BCUT2D eigenvalue weighted by molar-refractivity contribution is 4.62. The first-order valence-electron chi connectivity index (χ1n) is 4.52. The van der Waals surface area contributed by atoms with Gasteiger partial charge in [-0.1, -0.05) is 33.1 Å². The van der Waals surface area contributed by atoms with Crippen LogP contribution in [0.15, 0.2) is 5.29 Å². The second-order valence-corrected chi connectivity index (χ2v) is 3.03. The van der Waals surface area contributed by atoms with E-state index in [1.165, 1.54) is 0 Å². The van der Waals surface area contributed by atoms with Crippen molar-refractivity contribution in [3.8, 4) is 0 Å². The van der Waals surface area contributed by atoms with Crippen LogP contribution in [0, 0.1) is 16.0 Å². The second kappa shape index (κ2) is 7.03. The van der Waals surface area contributed by atoms with Crippen molar-refractivity contribution in [3.05, 3.63) is 10.1 Å². The van der Waals surface area contributed by atoms with E-state index >= 15 is 0 Å². The first-order chi connectivity index (χ1) is 5.74. The molecule has 0 radical (unpaired) electrons. The summed E-state index contributed by atoms with van der Waals surface area (Å²) in [7, 11) is 0. The highest BCUT2D eigenvalue weighted by Crippen LogP contribution is 2.13. The zero-order valence-corrected chi connectivity index (χ0v) is 7.82. The fourth-order valence-electron chi connectivity index (χ4n) is 1.17. The lowest BCUT2D eigenvalue weighted by Crippen LogP contribution is -2.18. The van der Waals surface area contributed by atoms with E-state index in [1.807, 2.05) is 6.92 Å². The van der Waals surface area contributed by atoms with Crippen molar-refractivity contribution in [1.82, 2.24) is 5.17 Å². The summed E-state index contributed by atoms with van der Waals surface area (Å²) < 4.78 is 0. The van der Waals surface area contributed by atoms with Crippen LogP contribution >= 0.6 is 0 Å². The molecule has 0 N–H and O–H groups in total. The Balaban J connectivity index is 3.58. The van der Waals surface area contributed by atoms with E-state index in [9.17, 15) is 10.1 Å². The van der Waals surface area contributed by atoms with Crippen molar-refractivity contribution in [2.45, 2.75) is 39.5 Å². The lowest BCUT2D eigenvalue weighted by molar-refractivity contribution is 0.294. The van der Waals surface area contributed by atoms with Crippen molar-refractivity contribution in [2.75, 3.05) is 6.54 Å². The predicted molar refractivity (Wildman–Crippen MR) is 49.2 cm³/mol. The number of unbranched alkanes of at least 4 members (excludes halogenated alkanes) is 1. The molecule has 12 heavy (non-hydrogen) atoms. The zero-order valence-electron chi connectivity index (χ0n) is 7.82. The Morgan fingerprint density at radius 1 is 1.50 bits per heavy atom. The molecule has 0 amide bonds. The minimum Gasteiger partial charge on any atom is -0.739 e. The second-order valence-electron chi connectivity index (χ2n) is 3.03. The van der Waals surface area contributed by atoms with Crippen molar-refractivity contribution >= 4 is 0 Å². The van der Waals surface area contributed by atoms with Gasteiger partial charge in [-0.25, -0.2) is 0 Å². The van der Waals surface area contributed by atoms with Crippen LogP contribution in [0.25, 0.3) is 0 Å². The molecule has 1 unspecified atom stereocenters. The molecule has 0 aromatic carbocycles. The van der Waals surface area contributed by atoms with Crippen LogP contribution < -0.4 is 0 Å². The van der Waals surface area contributed by atoms with E-state index in [1.54, 1.807) is 0 Å². The van der Waals surface area contributed by atoms with Gasteiger partial charge in [0.1, 0.15) is 0 Å². The van der Waals surface area contributed by atoms with Gasteiger partial charge < -0.3 is 10.4 Å². The molecule has 0 aliphatic heterocycles. The summed E-state index contributed by atoms with van der Waals surface area (Å²) in [6.45, 7) is 4.39. The first kappa shape index (κ1) is 11.4. The normalized spacial score (nSPS) is 12.6. The maximum Gasteiger partial charge on any atom is 0.0414 e. The van der Waals surface area contributed by atoms with Gasteiger partial charge in [-0.2, -0.15) is 0 Å². The molecule has 0 rings (SSSR count). The van der Waals surface area contributed by atoms with Crippen molar-refractivity contribution < 1.29 is 0 Å². The van der Waals surface area contributed by atoms with Gasteiger partial charge >= 0.3 is 0 Å². The predicted octanol–water partition coefficient (Wildman–Crippen LogP) is 2.68. The Morgan fingerprint density at radius 2 is 2.17 bits per heavy atom. The van der Waals surface area contributed by atoms with Crippen LogP contribution in [0.1, 0.15) is 39.5 Å². The third-order valence-corrected chi connectivity index (χ3v) is 2.05. The molecule has 0 aliphatic rings. The largest absolute Gasteiger partial charge is 0.739 e. The third-order valence-electron chi connectivity index (χ3n) is 2.05. The SMILES string of the molecule is CCCCC(CC)CN([O-])N=O. The van der Waals surface area contributed by atoms with Gasteiger partial charge in [0.25, 0.3) is 0 Å². The van der Waals surface area contributed by atoms with E-state index in [0.29, 0.717) is 5.92 Å². The maximum atomic E-state index is 10.6. The number of hydrogen-bond donors (Lipinski definition) is 0. The van der Waals surface area contributed by atoms with E-state index in [0.717, 1.165) is 25.7 Å². The van der Waals surface area contributed by atoms with Gasteiger partial charge in [0, 0.05) is 11.8 Å². The first-order valence-corrected chi connectivity index (χ1v) is 4.52. The Bertz CT molecular complexity index is 120. The molecule has 0 spiro atoms. The van der Waals surface area contributed by atoms with Crippen LogP contribution in [0.4, 0.5) is 0 Å². The molecular weight excluding hydrogens is 156 g/mol. The van der Waals surface area contributed by atoms with Crippen molar-refractivity contribution in [3.63, 3.8) is 0 Å². The molecule has 0 aliphatic carbocycles. The molecule has 0 saturated heterocycles. The zero-order chi connectivity index (χ0) is 9.40. The Morgan fingerprint density at radius 3 is 2.58 bits per heavy atom. The number of hydrogen-bond acceptors (Lipinski definition) is 3. The number of rotatable bonds is 7.